The maximum absolute atomic E-state index is 6.06. The minimum Gasteiger partial charge on any atom is -0.381 e. The first-order chi connectivity index (χ1) is 8.80. The molecule has 3 rings (SSSR count). The lowest BCUT2D eigenvalue weighted by Crippen LogP contribution is -2.52. The van der Waals surface area contributed by atoms with Gasteiger partial charge in [0.15, 0.2) is 0 Å². The Kier molecular flexibility index (Phi) is 3.92. The molecule has 3 fully saturated rings. The van der Waals surface area contributed by atoms with Crippen LogP contribution in [0.25, 0.3) is 0 Å². The maximum Gasteiger partial charge on any atom is 0.0546 e. The van der Waals surface area contributed by atoms with E-state index in [4.69, 9.17) is 10.5 Å². The second-order valence-electron chi connectivity index (χ2n) is 6.95. The summed E-state index contributed by atoms with van der Waals surface area (Å²) in [5, 5.41) is 0. The zero-order valence-corrected chi connectivity index (χ0v) is 11.6. The largest absolute Gasteiger partial charge is 0.381 e. The molecule has 104 valence electrons. The Morgan fingerprint density at radius 3 is 2.56 bits per heavy atom. The lowest BCUT2D eigenvalue weighted by atomic mass is 9.76. The van der Waals surface area contributed by atoms with Gasteiger partial charge in [-0.2, -0.15) is 0 Å². The van der Waals surface area contributed by atoms with E-state index in [1.165, 1.54) is 58.2 Å². The van der Waals surface area contributed by atoms with Gasteiger partial charge in [0.25, 0.3) is 0 Å². The number of nitrogens with zero attached hydrogens (tertiary/aromatic N) is 1. The van der Waals surface area contributed by atoms with Crippen molar-refractivity contribution < 1.29 is 4.74 Å². The monoisotopic (exact) mass is 252 g/mol. The highest BCUT2D eigenvalue weighted by molar-refractivity contribution is 4.90. The number of likely N-dealkylation sites (tertiary alicyclic amines) is 1. The second kappa shape index (κ2) is 5.48. The van der Waals surface area contributed by atoms with Gasteiger partial charge < -0.3 is 15.4 Å². The molecule has 2 aliphatic heterocycles. The fraction of sp³-hybridized carbons (Fsp3) is 1.00. The van der Waals surface area contributed by atoms with Gasteiger partial charge in [0.2, 0.25) is 0 Å². The van der Waals surface area contributed by atoms with Gasteiger partial charge in [0, 0.05) is 38.2 Å². The number of ether oxygens (including phenoxy) is 1. The highest BCUT2D eigenvalue weighted by Gasteiger charge is 2.37. The first-order valence-corrected chi connectivity index (χ1v) is 7.80. The van der Waals surface area contributed by atoms with Crippen LogP contribution in [0, 0.1) is 17.3 Å². The third-order valence-electron chi connectivity index (χ3n) is 5.32. The molecular weight excluding hydrogens is 224 g/mol. The molecule has 2 saturated heterocycles. The van der Waals surface area contributed by atoms with Crippen molar-refractivity contribution in [3.8, 4) is 0 Å². The summed E-state index contributed by atoms with van der Waals surface area (Å²) in [6.45, 7) is 6.42. The van der Waals surface area contributed by atoms with Crippen LogP contribution in [0.5, 0.6) is 0 Å². The van der Waals surface area contributed by atoms with E-state index in [9.17, 15) is 0 Å². The first-order valence-electron chi connectivity index (χ1n) is 7.80. The van der Waals surface area contributed by atoms with Crippen molar-refractivity contribution in [1.82, 2.24) is 4.90 Å². The van der Waals surface area contributed by atoms with Gasteiger partial charge in [-0.05, 0) is 43.9 Å². The summed E-state index contributed by atoms with van der Waals surface area (Å²) in [5.74, 6) is 1.94. The van der Waals surface area contributed by atoms with Crippen LogP contribution in [0.2, 0.25) is 0 Å². The van der Waals surface area contributed by atoms with Gasteiger partial charge >= 0.3 is 0 Å². The SMILES string of the molecule is NCC1(CN2CC3CCCC(C3)C2)CCCOC1. The average Bonchev–Trinajstić information content (AvgIpc) is 2.39. The van der Waals surface area contributed by atoms with E-state index in [1.54, 1.807) is 0 Å². The lowest BCUT2D eigenvalue weighted by molar-refractivity contribution is -0.0366. The average molecular weight is 252 g/mol. The molecule has 0 aromatic heterocycles. The Morgan fingerprint density at radius 1 is 1.17 bits per heavy atom. The van der Waals surface area contributed by atoms with Crippen molar-refractivity contribution >= 4 is 0 Å². The summed E-state index contributed by atoms with van der Waals surface area (Å²) in [5.41, 5.74) is 6.32. The topological polar surface area (TPSA) is 38.5 Å². The molecule has 2 N–H and O–H groups in total. The van der Waals surface area contributed by atoms with E-state index in [0.717, 1.165) is 31.6 Å². The normalized spacial score (nSPS) is 41.8. The van der Waals surface area contributed by atoms with Crippen LogP contribution in [0.1, 0.15) is 38.5 Å². The highest BCUT2D eigenvalue weighted by Crippen LogP contribution is 2.37. The molecule has 0 spiro atoms. The Bertz CT molecular complexity index is 264. The molecule has 3 atom stereocenters. The second-order valence-corrected chi connectivity index (χ2v) is 6.95. The van der Waals surface area contributed by atoms with Crippen LogP contribution in [-0.2, 0) is 4.74 Å². The quantitative estimate of drug-likeness (QED) is 0.833. The predicted octanol–water partition coefficient (Wildman–Crippen LogP) is 1.86. The van der Waals surface area contributed by atoms with Crippen molar-refractivity contribution in [2.75, 3.05) is 39.4 Å². The Morgan fingerprint density at radius 2 is 1.94 bits per heavy atom. The minimum absolute atomic E-state index is 0.254. The van der Waals surface area contributed by atoms with Crippen molar-refractivity contribution in [3.05, 3.63) is 0 Å². The lowest BCUT2D eigenvalue weighted by Gasteiger charge is -2.46. The third kappa shape index (κ3) is 2.73. The number of nitrogens with two attached hydrogens (primary N) is 1. The van der Waals surface area contributed by atoms with Gasteiger partial charge in [-0.25, -0.2) is 0 Å². The summed E-state index contributed by atoms with van der Waals surface area (Å²) >= 11 is 0. The molecular formula is C15H28N2O. The zero-order valence-electron chi connectivity index (χ0n) is 11.6. The number of hydrogen-bond acceptors (Lipinski definition) is 3. The van der Waals surface area contributed by atoms with E-state index in [2.05, 4.69) is 4.90 Å². The van der Waals surface area contributed by atoms with E-state index in [1.807, 2.05) is 0 Å². The summed E-state index contributed by atoms with van der Waals surface area (Å²) in [4.78, 5) is 2.71. The van der Waals surface area contributed by atoms with Crippen molar-refractivity contribution in [1.29, 1.82) is 0 Å². The summed E-state index contributed by atoms with van der Waals surface area (Å²) in [6.07, 6.45) is 8.32. The van der Waals surface area contributed by atoms with E-state index in [0.29, 0.717) is 0 Å². The number of fused-ring (bicyclic) bond motifs is 2. The number of hydrogen-bond donors (Lipinski definition) is 1. The summed E-state index contributed by atoms with van der Waals surface area (Å²) in [6, 6.07) is 0. The van der Waals surface area contributed by atoms with Crippen LogP contribution < -0.4 is 5.73 Å². The number of rotatable bonds is 3. The molecule has 0 amide bonds. The third-order valence-corrected chi connectivity index (χ3v) is 5.32. The molecule has 1 aliphatic carbocycles. The van der Waals surface area contributed by atoms with E-state index >= 15 is 0 Å². The fourth-order valence-electron chi connectivity index (χ4n) is 4.40. The highest BCUT2D eigenvalue weighted by atomic mass is 16.5. The van der Waals surface area contributed by atoms with Crippen LogP contribution in [0.15, 0.2) is 0 Å². The molecule has 0 radical (unpaired) electrons. The van der Waals surface area contributed by atoms with Crippen LogP contribution in [0.3, 0.4) is 0 Å². The molecule has 3 unspecified atom stereocenters. The first kappa shape index (κ1) is 12.9. The van der Waals surface area contributed by atoms with Gasteiger partial charge in [-0.1, -0.05) is 6.42 Å². The maximum atomic E-state index is 6.06. The van der Waals surface area contributed by atoms with Crippen LogP contribution in [0.4, 0.5) is 0 Å². The van der Waals surface area contributed by atoms with Gasteiger partial charge in [0.05, 0.1) is 6.61 Å². The molecule has 3 heteroatoms. The minimum atomic E-state index is 0.254. The van der Waals surface area contributed by atoms with Crippen molar-refractivity contribution in [2.24, 2.45) is 23.0 Å². The smallest absolute Gasteiger partial charge is 0.0546 e. The number of piperidine rings is 1. The molecule has 2 bridgehead atoms. The molecule has 1 saturated carbocycles. The zero-order chi connectivity index (χ0) is 12.4. The van der Waals surface area contributed by atoms with Gasteiger partial charge in [-0.3, -0.25) is 0 Å². The summed E-state index contributed by atoms with van der Waals surface area (Å²) < 4.78 is 5.71. The van der Waals surface area contributed by atoms with Gasteiger partial charge in [0.1, 0.15) is 0 Å². The Labute approximate surface area is 111 Å². The van der Waals surface area contributed by atoms with Gasteiger partial charge in [-0.15, -0.1) is 0 Å². The predicted molar refractivity (Wildman–Crippen MR) is 73.4 cm³/mol. The Balaban J connectivity index is 1.60. The molecule has 3 nitrogen and oxygen atoms in total. The van der Waals surface area contributed by atoms with E-state index < -0.39 is 0 Å². The standard InChI is InChI=1S/C15H28N2O/c16-10-15(5-2-6-18-12-15)11-17-8-13-3-1-4-14(7-13)9-17/h13-14H,1-12,16H2. The van der Waals surface area contributed by atoms with Crippen LogP contribution in [-0.4, -0.2) is 44.3 Å². The van der Waals surface area contributed by atoms with Crippen molar-refractivity contribution in [2.45, 2.75) is 38.5 Å². The fourth-order valence-corrected chi connectivity index (χ4v) is 4.40. The molecule has 18 heavy (non-hydrogen) atoms. The van der Waals surface area contributed by atoms with Crippen molar-refractivity contribution in [3.63, 3.8) is 0 Å². The molecule has 2 heterocycles. The molecule has 3 aliphatic rings. The molecule has 0 aromatic carbocycles. The molecule has 0 aromatic rings. The van der Waals surface area contributed by atoms with E-state index in [-0.39, 0.29) is 5.41 Å². The Hall–Kier alpha value is -0.120. The summed E-state index contributed by atoms with van der Waals surface area (Å²) in [7, 11) is 0. The van der Waals surface area contributed by atoms with Crippen LogP contribution >= 0.6 is 0 Å².